The first-order valence-corrected chi connectivity index (χ1v) is 11.3. The Hall–Kier alpha value is -3.34. The zero-order chi connectivity index (χ0) is 22.5. The van der Waals surface area contributed by atoms with E-state index in [2.05, 4.69) is 77.1 Å². The number of methoxy groups -OCH3 is 2. The second kappa shape index (κ2) is 9.86. The third-order valence-corrected chi connectivity index (χ3v) is 6.30. The van der Waals surface area contributed by atoms with Gasteiger partial charge in [-0.1, -0.05) is 12.1 Å². The van der Waals surface area contributed by atoms with E-state index in [1.807, 2.05) is 24.3 Å². The summed E-state index contributed by atoms with van der Waals surface area (Å²) in [7, 11) is 3.41. The van der Waals surface area contributed by atoms with Gasteiger partial charge in [0, 0.05) is 43.2 Å². The first-order valence-electron chi connectivity index (χ1n) is 11.3. The first kappa shape index (κ1) is 21.9. The van der Waals surface area contributed by atoms with Gasteiger partial charge >= 0.3 is 0 Å². The highest BCUT2D eigenvalue weighted by Gasteiger charge is 2.33. The van der Waals surface area contributed by atoms with Gasteiger partial charge in [0.1, 0.15) is 17.7 Å². The maximum atomic E-state index is 5.37. The molecule has 0 aliphatic carbocycles. The van der Waals surface area contributed by atoms with Gasteiger partial charge < -0.3 is 24.2 Å². The topological polar surface area (TPSA) is 28.2 Å². The molecule has 0 atom stereocenters. The van der Waals surface area contributed by atoms with E-state index < -0.39 is 0 Å². The molecule has 1 aliphatic rings. The molecule has 1 aliphatic heterocycles. The summed E-state index contributed by atoms with van der Waals surface area (Å²) >= 11 is 0. The van der Waals surface area contributed by atoms with Crippen molar-refractivity contribution in [1.82, 2.24) is 0 Å². The minimum absolute atomic E-state index is 0.113. The fourth-order valence-electron chi connectivity index (χ4n) is 4.52. The average molecular weight is 432 g/mol. The maximum absolute atomic E-state index is 5.37. The van der Waals surface area contributed by atoms with Crippen LogP contribution in [-0.2, 0) is 0 Å². The lowest BCUT2D eigenvalue weighted by molar-refractivity contribution is 0.414. The van der Waals surface area contributed by atoms with E-state index in [1.165, 1.54) is 22.6 Å². The third kappa shape index (κ3) is 4.33. The largest absolute Gasteiger partial charge is 0.497 e. The predicted octanol–water partition coefficient (Wildman–Crippen LogP) is 5.58. The number of hydrogen-bond donors (Lipinski definition) is 0. The monoisotopic (exact) mass is 431 g/mol. The van der Waals surface area contributed by atoms with Crippen LogP contribution in [0.3, 0.4) is 0 Å². The van der Waals surface area contributed by atoms with Crippen LogP contribution >= 0.6 is 0 Å². The summed E-state index contributed by atoms with van der Waals surface area (Å²) in [5.74, 6) is 1.75. The van der Waals surface area contributed by atoms with Crippen molar-refractivity contribution in [3.8, 4) is 11.5 Å². The lowest BCUT2D eigenvalue weighted by atomic mass is 10.1. The SMILES string of the molecule is CCN(CC)c1ccc(C2N(c3ccc(OC)cc3)CCN2c2ccc(OC)cc2)cc1. The molecule has 0 amide bonds. The Balaban J connectivity index is 1.70. The van der Waals surface area contributed by atoms with Gasteiger partial charge in [0.2, 0.25) is 0 Å². The molecule has 0 radical (unpaired) electrons. The second-order valence-electron chi connectivity index (χ2n) is 7.92. The summed E-state index contributed by atoms with van der Waals surface area (Å²) in [6, 6.07) is 25.8. The molecular weight excluding hydrogens is 398 g/mol. The van der Waals surface area contributed by atoms with E-state index >= 15 is 0 Å². The average Bonchev–Trinajstić information content (AvgIpc) is 3.30. The minimum atomic E-state index is 0.113. The summed E-state index contributed by atoms with van der Waals surface area (Å²) < 4.78 is 10.7. The fourth-order valence-corrected chi connectivity index (χ4v) is 4.52. The van der Waals surface area contributed by atoms with Crippen molar-refractivity contribution in [2.45, 2.75) is 20.0 Å². The molecule has 0 bridgehead atoms. The van der Waals surface area contributed by atoms with Gasteiger partial charge in [0.25, 0.3) is 0 Å². The van der Waals surface area contributed by atoms with Crippen molar-refractivity contribution in [3.63, 3.8) is 0 Å². The van der Waals surface area contributed by atoms with Gasteiger partial charge in [0.05, 0.1) is 14.2 Å². The molecule has 5 heteroatoms. The fraction of sp³-hybridized carbons (Fsp3) is 0.333. The van der Waals surface area contributed by atoms with Crippen LogP contribution in [0.1, 0.15) is 25.6 Å². The molecule has 3 aromatic carbocycles. The Kier molecular flexibility index (Phi) is 6.74. The van der Waals surface area contributed by atoms with Crippen LogP contribution in [0, 0.1) is 0 Å². The van der Waals surface area contributed by atoms with E-state index in [1.54, 1.807) is 14.2 Å². The molecule has 32 heavy (non-hydrogen) atoms. The second-order valence-corrected chi connectivity index (χ2v) is 7.92. The quantitative estimate of drug-likeness (QED) is 0.465. The summed E-state index contributed by atoms with van der Waals surface area (Å²) in [5, 5.41) is 0. The normalized spacial score (nSPS) is 14.0. The molecule has 0 aromatic heterocycles. The van der Waals surface area contributed by atoms with Crippen LogP contribution in [0.2, 0.25) is 0 Å². The highest BCUT2D eigenvalue weighted by molar-refractivity contribution is 5.61. The number of hydrogen-bond acceptors (Lipinski definition) is 5. The molecule has 168 valence electrons. The molecule has 0 N–H and O–H groups in total. The third-order valence-electron chi connectivity index (χ3n) is 6.30. The van der Waals surface area contributed by atoms with Crippen molar-refractivity contribution in [2.24, 2.45) is 0 Å². The molecule has 3 aromatic rings. The Morgan fingerprint density at radius 3 is 1.50 bits per heavy atom. The highest BCUT2D eigenvalue weighted by atomic mass is 16.5. The van der Waals surface area contributed by atoms with E-state index in [0.717, 1.165) is 37.7 Å². The Morgan fingerprint density at radius 2 is 1.12 bits per heavy atom. The Bertz CT molecular complexity index is 927. The van der Waals surface area contributed by atoms with Crippen molar-refractivity contribution < 1.29 is 9.47 Å². The maximum Gasteiger partial charge on any atom is 0.128 e. The summed E-state index contributed by atoms with van der Waals surface area (Å²) in [6.45, 7) is 8.31. The summed E-state index contributed by atoms with van der Waals surface area (Å²) in [6.07, 6.45) is 0.113. The molecule has 1 fully saturated rings. The predicted molar refractivity (Wildman–Crippen MR) is 133 cm³/mol. The van der Waals surface area contributed by atoms with Crippen molar-refractivity contribution in [1.29, 1.82) is 0 Å². The Morgan fingerprint density at radius 1 is 0.688 bits per heavy atom. The summed E-state index contributed by atoms with van der Waals surface area (Å²) in [4.78, 5) is 7.31. The first-order chi connectivity index (χ1) is 15.7. The van der Waals surface area contributed by atoms with E-state index in [-0.39, 0.29) is 6.17 Å². The van der Waals surface area contributed by atoms with Gasteiger partial charge in [-0.3, -0.25) is 0 Å². The number of nitrogens with zero attached hydrogens (tertiary/aromatic N) is 3. The molecule has 4 rings (SSSR count). The highest BCUT2D eigenvalue weighted by Crippen LogP contribution is 2.39. The van der Waals surface area contributed by atoms with Crippen LogP contribution in [-0.4, -0.2) is 40.4 Å². The van der Waals surface area contributed by atoms with Gasteiger partial charge in [-0.15, -0.1) is 0 Å². The lowest BCUT2D eigenvalue weighted by Gasteiger charge is -2.34. The molecular formula is C27H33N3O2. The van der Waals surface area contributed by atoms with Crippen LogP contribution in [0.5, 0.6) is 11.5 Å². The van der Waals surface area contributed by atoms with E-state index in [9.17, 15) is 0 Å². The van der Waals surface area contributed by atoms with Crippen LogP contribution in [0.4, 0.5) is 17.1 Å². The van der Waals surface area contributed by atoms with Crippen LogP contribution in [0.15, 0.2) is 72.8 Å². The van der Waals surface area contributed by atoms with Crippen molar-refractivity contribution in [2.75, 3.05) is 55.1 Å². The number of ether oxygens (including phenoxy) is 2. The molecule has 0 spiro atoms. The Labute approximate surface area is 191 Å². The van der Waals surface area contributed by atoms with Crippen LogP contribution in [0.25, 0.3) is 0 Å². The number of rotatable bonds is 8. The van der Waals surface area contributed by atoms with E-state index in [4.69, 9.17) is 9.47 Å². The zero-order valence-corrected chi connectivity index (χ0v) is 19.5. The van der Waals surface area contributed by atoms with Crippen LogP contribution < -0.4 is 24.2 Å². The molecule has 0 saturated carbocycles. The zero-order valence-electron chi connectivity index (χ0n) is 19.5. The molecule has 5 nitrogen and oxygen atoms in total. The van der Waals surface area contributed by atoms with Gasteiger partial charge in [-0.25, -0.2) is 0 Å². The van der Waals surface area contributed by atoms with Gasteiger partial charge in [0.15, 0.2) is 0 Å². The molecule has 1 heterocycles. The van der Waals surface area contributed by atoms with Gasteiger partial charge in [-0.05, 0) is 80.1 Å². The van der Waals surface area contributed by atoms with Crippen molar-refractivity contribution in [3.05, 3.63) is 78.4 Å². The minimum Gasteiger partial charge on any atom is -0.497 e. The smallest absolute Gasteiger partial charge is 0.128 e. The molecule has 1 saturated heterocycles. The van der Waals surface area contributed by atoms with Gasteiger partial charge in [-0.2, -0.15) is 0 Å². The summed E-state index contributed by atoms with van der Waals surface area (Å²) in [5.41, 5.74) is 4.94. The molecule has 0 unspecified atom stereocenters. The van der Waals surface area contributed by atoms with Crippen molar-refractivity contribution >= 4 is 17.1 Å². The lowest BCUT2D eigenvalue weighted by Crippen LogP contribution is -2.31. The standard InChI is InChI=1S/C27H33N3O2/c1-5-28(6-2)22-9-7-21(8-10-22)27-29(23-11-15-25(31-3)16-12-23)19-20-30(27)24-13-17-26(32-4)18-14-24/h7-18,27H,5-6,19-20H2,1-4H3. The number of benzene rings is 3. The number of anilines is 3. The van der Waals surface area contributed by atoms with E-state index in [0.29, 0.717) is 0 Å².